The Hall–Kier alpha value is -1.43. The molecule has 0 aliphatic carbocycles. The molecule has 1 unspecified atom stereocenters. The summed E-state index contributed by atoms with van der Waals surface area (Å²) < 4.78 is 0. The van der Waals surface area contributed by atoms with E-state index in [0.29, 0.717) is 6.42 Å². The summed E-state index contributed by atoms with van der Waals surface area (Å²) in [4.78, 5) is 36.2. The fraction of sp³-hybridized carbons (Fsp3) is 0.727. The molecule has 2 heterocycles. The van der Waals surface area contributed by atoms with Gasteiger partial charge in [-0.25, -0.2) is 0 Å². The summed E-state index contributed by atoms with van der Waals surface area (Å²) >= 11 is 0. The van der Waals surface area contributed by atoms with Gasteiger partial charge in [-0.2, -0.15) is 0 Å². The molecule has 0 aromatic rings. The van der Waals surface area contributed by atoms with Gasteiger partial charge in [0.2, 0.25) is 17.7 Å². The van der Waals surface area contributed by atoms with Crippen LogP contribution in [0.1, 0.15) is 26.2 Å². The summed E-state index contributed by atoms with van der Waals surface area (Å²) in [6, 6.07) is 0. The van der Waals surface area contributed by atoms with E-state index in [4.69, 9.17) is 0 Å². The van der Waals surface area contributed by atoms with Crippen LogP contribution in [0.5, 0.6) is 0 Å². The molecule has 2 rings (SSSR count). The molecule has 6 heteroatoms. The molecule has 6 nitrogen and oxygen atoms in total. The van der Waals surface area contributed by atoms with Crippen LogP contribution in [0.4, 0.5) is 0 Å². The average molecular weight is 239 g/mol. The van der Waals surface area contributed by atoms with Gasteiger partial charge < -0.3 is 10.2 Å². The number of amides is 3. The van der Waals surface area contributed by atoms with E-state index < -0.39 is 17.4 Å². The normalized spacial score (nSPS) is 29.4. The number of imide groups is 1. The first-order chi connectivity index (χ1) is 8.07. The van der Waals surface area contributed by atoms with Gasteiger partial charge in [0.25, 0.3) is 0 Å². The van der Waals surface area contributed by atoms with Crippen molar-refractivity contribution in [3.63, 3.8) is 0 Å². The van der Waals surface area contributed by atoms with Crippen molar-refractivity contribution < 1.29 is 14.4 Å². The van der Waals surface area contributed by atoms with Crippen molar-refractivity contribution in [1.82, 2.24) is 15.5 Å². The monoisotopic (exact) mass is 239 g/mol. The quantitative estimate of drug-likeness (QED) is 0.606. The first kappa shape index (κ1) is 12.0. The van der Waals surface area contributed by atoms with Gasteiger partial charge in [0, 0.05) is 0 Å². The molecule has 1 atom stereocenters. The molecule has 17 heavy (non-hydrogen) atoms. The van der Waals surface area contributed by atoms with E-state index in [-0.39, 0.29) is 19.0 Å². The van der Waals surface area contributed by atoms with E-state index >= 15 is 0 Å². The fourth-order valence-corrected chi connectivity index (χ4v) is 2.53. The number of carbonyl (C=O) groups is 3. The Morgan fingerprint density at radius 2 is 2.00 bits per heavy atom. The zero-order chi connectivity index (χ0) is 12.5. The first-order valence-corrected chi connectivity index (χ1v) is 5.94. The van der Waals surface area contributed by atoms with Crippen molar-refractivity contribution >= 4 is 17.7 Å². The molecule has 0 spiro atoms. The summed E-state index contributed by atoms with van der Waals surface area (Å²) in [6.07, 6.45) is 2.40. The van der Waals surface area contributed by atoms with E-state index in [1.807, 2.05) is 6.92 Å². The second kappa shape index (κ2) is 4.44. The predicted molar refractivity (Wildman–Crippen MR) is 60.0 cm³/mol. The highest BCUT2D eigenvalue weighted by Gasteiger charge is 2.43. The third-order valence-electron chi connectivity index (χ3n) is 3.49. The Morgan fingerprint density at radius 3 is 2.47 bits per heavy atom. The smallest absolute Gasteiger partial charge is 0.246 e. The zero-order valence-electron chi connectivity index (χ0n) is 9.91. The maximum Gasteiger partial charge on any atom is 0.246 e. The van der Waals surface area contributed by atoms with E-state index in [9.17, 15) is 14.4 Å². The van der Waals surface area contributed by atoms with Gasteiger partial charge in [-0.1, -0.05) is 6.92 Å². The Labute approximate surface area is 99.7 Å². The van der Waals surface area contributed by atoms with Crippen LogP contribution in [0.15, 0.2) is 0 Å². The van der Waals surface area contributed by atoms with E-state index in [1.165, 1.54) is 4.90 Å². The van der Waals surface area contributed by atoms with Gasteiger partial charge >= 0.3 is 0 Å². The van der Waals surface area contributed by atoms with Gasteiger partial charge in [0.1, 0.15) is 13.1 Å². The average Bonchev–Trinajstić information content (AvgIpc) is 2.76. The largest absolute Gasteiger partial charge is 0.322 e. The van der Waals surface area contributed by atoms with Crippen LogP contribution in [0, 0.1) is 0 Å². The Balaban J connectivity index is 2.13. The molecular formula is C11H17N3O3. The number of hydrogen-bond acceptors (Lipinski definition) is 4. The second-order valence-electron chi connectivity index (χ2n) is 4.60. The minimum absolute atomic E-state index is 0.0198. The molecule has 2 aliphatic rings. The minimum atomic E-state index is -0.572. The Morgan fingerprint density at radius 1 is 1.35 bits per heavy atom. The SMILES string of the molecule is CCC1(C(=O)N2CC(=O)NC(=O)C2)CCCN1. The maximum atomic E-state index is 12.4. The van der Waals surface area contributed by atoms with Crippen molar-refractivity contribution in [3.8, 4) is 0 Å². The van der Waals surface area contributed by atoms with Crippen LogP contribution >= 0.6 is 0 Å². The molecule has 0 aromatic carbocycles. The number of nitrogens with zero attached hydrogens (tertiary/aromatic N) is 1. The van der Waals surface area contributed by atoms with Gasteiger partial charge in [-0.15, -0.1) is 0 Å². The van der Waals surface area contributed by atoms with Crippen LogP contribution in [0.2, 0.25) is 0 Å². The number of rotatable bonds is 2. The summed E-state index contributed by atoms with van der Waals surface area (Å²) in [7, 11) is 0. The van der Waals surface area contributed by atoms with Crippen LogP contribution in [0.3, 0.4) is 0 Å². The Bertz CT molecular complexity index is 345. The highest BCUT2D eigenvalue weighted by Crippen LogP contribution is 2.25. The number of piperazine rings is 1. The van der Waals surface area contributed by atoms with Crippen LogP contribution in [-0.4, -0.2) is 47.8 Å². The molecule has 0 bridgehead atoms. The van der Waals surface area contributed by atoms with Gasteiger partial charge in [0.15, 0.2) is 0 Å². The molecule has 2 saturated heterocycles. The fourth-order valence-electron chi connectivity index (χ4n) is 2.53. The van der Waals surface area contributed by atoms with Crippen molar-refractivity contribution in [2.24, 2.45) is 0 Å². The molecule has 0 aromatic heterocycles. The summed E-state index contributed by atoms with van der Waals surface area (Å²) in [5.41, 5.74) is -0.572. The summed E-state index contributed by atoms with van der Waals surface area (Å²) in [6.45, 7) is 2.72. The maximum absolute atomic E-state index is 12.4. The molecule has 3 amide bonds. The third-order valence-corrected chi connectivity index (χ3v) is 3.49. The van der Waals surface area contributed by atoms with Crippen molar-refractivity contribution in [1.29, 1.82) is 0 Å². The summed E-state index contributed by atoms with van der Waals surface area (Å²) in [5.74, 6) is -0.932. The number of hydrogen-bond donors (Lipinski definition) is 2. The Kier molecular flexibility index (Phi) is 3.15. The highest BCUT2D eigenvalue weighted by molar-refractivity contribution is 6.03. The standard InChI is InChI=1S/C11H17N3O3/c1-2-11(4-3-5-12-11)10(17)14-6-8(15)13-9(16)7-14/h12H,2-7H2,1H3,(H,13,15,16). The van der Waals surface area contributed by atoms with Crippen molar-refractivity contribution in [2.75, 3.05) is 19.6 Å². The van der Waals surface area contributed by atoms with E-state index in [2.05, 4.69) is 10.6 Å². The van der Waals surface area contributed by atoms with Crippen LogP contribution in [0.25, 0.3) is 0 Å². The second-order valence-corrected chi connectivity index (χ2v) is 4.60. The van der Waals surface area contributed by atoms with Gasteiger partial charge in [0.05, 0.1) is 5.54 Å². The number of nitrogens with one attached hydrogen (secondary N) is 2. The van der Waals surface area contributed by atoms with Crippen LogP contribution in [-0.2, 0) is 14.4 Å². The molecule has 0 radical (unpaired) electrons. The topological polar surface area (TPSA) is 78.5 Å². The van der Waals surface area contributed by atoms with Crippen LogP contribution < -0.4 is 10.6 Å². The lowest BCUT2D eigenvalue weighted by atomic mass is 9.92. The summed E-state index contributed by atoms with van der Waals surface area (Å²) in [5, 5.41) is 5.41. The lowest BCUT2D eigenvalue weighted by Gasteiger charge is -2.34. The molecule has 0 saturated carbocycles. The predicted octanol–water partition coefficient (Wildman–Crippen LogP) is -0.996. The lowest BCUT2D eigenvalue weighted by molar-refractivity contribution is -0.149. The van der Waals surface area contributed by atoms with E-state index in [1.54, 1.807) is 0 Å². The first-order valence-electron chi connectivity index (χ1n) is 5.94. The molecule has 2 aliphatic heterocycles. The molecule has 94 valence electrons. The zero-order valence-corrected chi connectivity index (χ0v) is 9.91. The van der Waals surface area contributed by atoms with Gasteiger partial charge in [-0.3, -0.25) is 19.7 Å². The van der Waals surface area contributed by atoms with Gasteiger partial charge in [-0.05, 0) is 25.8 Å². The molecular weight excluding hydrogens is 222 g/mol. The van der Waals surface area contributed by atoms with Crippen molar-refractivity contribution in [3.05, 3.63) is 0 Å². The molecule has 2 fully saturated rings. The number of carbonyl (C=O) groups excluding carboxylic acids is 3. The third kappa shape index (κ3) is 2.17. The molecule has 2 N–H and O–H groups in total. The lowest BCUT2D eigenvalue weighted by Crippen LogP contribution is -2.61. The van der Waals surface area contributed by atoms with E-state index in [0.717, 1.165) is 19.4 Å². The van der Waals surface area contributed by atoms with Crippen molar-refractivity contribution in [2.45, 2.75) is 31.7 Å². The minimum Gasteiger partial charge on any atom is -0.322 e. The highest BCUT2D eigenvalue weighted by atomic mass is 16.2.